The van der Waals surface area contributed by atoms with Gasteiger partial charge in [0.1, 0.15) is 18.3 Å². The summed E-state index contributed by atoms with van der Waals surface area (Å²) in [5.74, 6) is 1.37. The molecular weight excluding hydrogens is 449 g/mol. The van der Waals surface area contributed by atoms with Gasteiger partial charge in [0.2, 0.25) is 5.88 Å². The highest BCUT2D eigenvalue weighted by molar-refractivity contribution is 6.04. The number of halogens is 1. The normalized spacial score (nSPS) is 20.7. The van der Waals surface area contributed by atoms with Gasteiger partial charge in [-0.15, -0.1) is 0 Å². The second-order valence-corrected chi connectivity index (χ2v) is 9.06. The molecule has 0 radical (unpaired) electrons. The molecule has 1 aromatic carbocycles. The van der Waals surface area contributed by atoms with Crippen LogP contribution in [0.1, 0.15) is 12.8 Å². The monoisotopic (exact) mass is 475 g/mol. The van der Waals surface area contributed by atoms with Gasteiger partial charge in [0, 0.05) is 43.5 Å². The molecule has 0 aliphatic carbocycles. The highest BCUT2D eigenvalue weighted by Gasteiger charge is 2.40. The summed E-state index contributed by atoms with van der Waals surface area (Å²) < 4.78 is 18.9. The van der Waals surface area contributed by atoms with Crippen LogP contribution in [-0.4, -0.2) is 66.5 Å². The van der Waals surface area contributed by atoms with E-state index < -0.39 is 6.17 Å². The molecule has 0 unspecified atom stereocenters. The lowest BCUT2D eigenvalue weighted by atomic mass is 10.1. The number of amides is 2. The summed E-state index contributed by atoms with van der Waals surface area (Å²) in [5.41, 5.74) is 3.62. The number of nitrogens with one attached hydrogen (secondary N) is 1. The summed E-state index contributed by atoms with van der Waals surface area (Å²) in [4.78, 5) is 32.6. The van der Waals surface area contributed by atoms with Crippen LogP contribution in [0.5, 0.6) is 5.88 Å². The number of carbonyl (C=O) groups is 1. The lowest BCUT2D eigenvalue weighted by Gasteiger charge is -2.35. The Labute approximate surface area is 202 Å². The Kier molecular flexibility index (Phi) is 5.35. The van der Waals surface area contributed by atoms with E-state index in [0.717, 1.165) is 42.1 Å². The smallest absolute Gasteiger partial charge is 0.329 e. The summed E-state index contributed by atoms with van der Waals surface area (Å²) >= 11 is 0. The molecule has 6 rings (SSSR count). The van der Waals surface area contributed by atoms with Gasteiger partial charge in [-0.3, -0.25) is 10.2 Å². The fourth-order valence-electron chi connectivity index (χ4n) is 5.14. The van der Waals surface area contributed by atoms with Crippen LogP contribution < -0.4 is 24.8 Å². The molecule has 2 bridgehead atoms. The van der Waals surface area contributed by atoms with Crippen LogP contribution in [0.4, 0.5) is 32.2 Å². The molecule has 9 nitrogen and oxygen atoms in total. The number of ether oxygens (including phenoxy) is 1. The highest BCUT2D eigenvalue weighted by atomic mass is 19.1. The highest BCUT2D eigenvalue weighted by Crippen LogP contribution is 2.40. The zero-order chi connectivity index (χ0) is 23.9. The number of methoxy groups -OCH3 is 1. The molecule has 2 amide bonds. The van der Waals surface area contributed by atoms with Gasteiger partial charge < -0.3 is 14.5 Å². The number of pyridine rings is 1. The topological polar surface area (TPSA) is 86.7 Å². The maximum Gasteiger partial charge on any atom is 0.329 e. The molecule has 180 valence electrons. The molecule has 10 heteroatoms. The Bertz CT molecular complexity index is 1270. The first-order valence-corrected chi connectivity index (χ1v) is 11.8. The van der Waals surface area contributed by atoms with Gasteiger partial charge >= 0.3 is 6.03 Å². The van der Waals surface area contributed by atoms with Crippen molar-refractivity contribution >= 4 is 29.0 Å². The molecule has 2 atom stereocenters. The molecular formula is C25H26FN7O2. The molecule has 2 fully saturated rings. The first kappa shape index (κ1) is 21.6. The van der Waals surface area contributed by atoms with Gasteiger partial charge in [0.25, 0.3) is 0 Å². The van der Waals surface area contributed by atoms with Crippen LogP contribution in [0, 0.1) is 0 Å². The first-order chi connectivity index (χ1) is 17.1. The van der Waals surface area contributed by atoms with E-state index in [1.165, 1.54) is 13.4 Å². The van der Waals surface area contributed by atoms with E-state index in [2.05, 4.69) is 25.1 Å². The number of anilines is 4. The number of hydrogen-bond donors (Lipinski definition) is 1. The van der Waals surface area contributed by atoms with Crippen LogP contribution >= 0.6 is 0 Å². The number of carbonyl (C=O) groups excluding carboxylic acids is 1. The molecule has 35 heavy (non-hydrogen) atoms. The van der Waals surface area contributed by atoms with E-state index >= 15 is 0 Å². The summed E-state index contributed by atoms with van der Waals surface area (Å²) in [5, 5.41) is 2.87. The molecule has 1 N–H and O–H groups in total. The van der Waals surface area contributed by atoms with Crippen molar-refractivity contribution in [3.05, 3.63) is 48.8 Å². The predicted molar refractivity (Wildman–Crippen MR) is 132 cm³/mol. The van der Waals surface area contributed by atoms with Crippen molar-refractivity contribution in [2.75, 3.05) is 53.3 Å². The summed E-state index contributed by atoms with van der Waals surface area (Å²) in [6.45, 7) is 2.77. The van der Waals surface area contributed by atoms with Gasteiger partial charge in [-0.05, 0) is 37.1 Å². The van der Waals surface area contributed by atoms with E-state index in [9.17, 15) is 9.18 Å². The maximum atomic E-state index is 13.8. The van der Waals surface area contributed by atoms with Crippen molar-refractivity contribution < 1.29 is 13.9 Å². The number of nitrogens with zero attached hydrogens (tertiary/aromatic N) is 6. The van der Waals surface area contributed by atoms with Crippen LogP contribution in [0.15, 0.2) is 48.8 Å². The number of alkyl halides is 1. The molecule has 3 aliphatic rings. The lowest BCUT2D eigenvalue weighted by molar-refractivity contribution is 0.254. The van der Waals surface area contributed by atoms with Gasteiger partial charge in [-0.1, -0.05) is 12.1 Å². The fourth-order valence-corrected chi connectivity index (χ4v) is 5.14. The molecule has 0 spiro atoms. The molecule has 0 saturated carbocycles. The van der Waals surface area contributed by atoms with Crippen LogP contribution in [0.2, 0.25) is 0 Å². The van der Waals surface area contributed by atoms with Crippen LogP contribution in [-0.2, 0) is 0 Å². The van der Waals surface area contributed by atoms with Crippen molar-refractivity contribution in [1.82, 2.24) is 15.0 Å². The quantitative estimate of drug-likeness (QED) is 0.615. The van der Waals surface area contributed by atoms with Gasteiger partial charge in [-0.2, -0.15) is 0 Å². The third-order valence-corrected chi connectivity index (χ3v) is 6.89. The number of aromatic nitrogens is 3. The molecule has 5 heterocycles. The van der Waals surface area contributed by atoms with E-state index in [0.29, 0.717) is 37.0 Å². The Balaban J connectivity index is 1.33. The minimum Gasteiger partial charge on any atom is -0.481 e. The van der Waals surface area contributed by atoms with Crippen molar-refractivity contribution in [2.24, 2.45) is 0 Å². The Hall–Kier alpha value is -3.95. The largest absolute Gasteiger partial charge is 0.481 e. The van der Waals surface area contributed by atoms with Crippen molar-refractivity contribution in [2.45, 2.75) is 25.1 Å². The summed E-state index contributed by atoms with van der Waals surface area (Å²) in [6, 6.07) is 13.4. The van der Waals surface area contributed by atoms with E-state index in [1.54, 1.807) is 11.0 Å². The van der Waals surface area contributed by atoms with Crippen molar-refractivity contribution in [3.8, 4) is 17.1 Å². The molecule has 2 saturated heterocycles. The molecule has 3 aliphatic heterocycles. The lowest BCUT2D eigenvalue weighted by Crippen LogP contribution is -2.48. The molecule has 3 aromatic rings. The van der Waals surface area contributed by atoms with E-state index in [1.807, 2.05) is 36.4 Å². The Morgan fingerprint density at radius 3 is 2.80 bits per heavy atom. The second-order valence-electron chi connectivity index (χ2n) is 9.06. The number of hydrogen-bond acceptors (Lipinski definition) is 7. The molecule has 2 aromatic heterocycles. The summed E-state index contributed by atoms with van der Waals surface area (Å²) in [6.07, 6.45) is 1.99. The maximum absolute atomic E-state index is 13.8. The number of urea groups is 1. The SMILES string of the molecule is COc1cc(NC(=O)N2c3nc(-c4cccc(N5CC[C@@H](F)C5)c4)ccc3N3CC[C@H]2C3)ncn1. The van der Waals surface area contributed by atoms with Crippen LogP contribution in [0.3, 0.4) is 0 Å². The van der Waals surface area contributed by atoms with Gasteiger partial charge in [0.05, 0.1) is 24.5 Å². The first-order valence-electron chi connectivity index (χ1n) is 11.8. The van der Waals surface area contributed by atoms with Gasteiger partial charge in [0.15, 0.2) is 5.82 Å². The average molecular weight is 476 g/mol. The number of rotatable bonds is 4. The second kappa shape index (κ2) is 8.68. The fraction of sp³-hybridized carbons (Fsp3) is 0.360. The van der Waals surface area contributed by atoms with E-state index in [4.69, 9.17) is 9.72 Å². The Morgan fingerprint density at radius 2 is 1.97 bits per heavy atom. The van der Waals surface area contributed by atoms with Crippen molar-refractivity contribution in [3.63, 3.8) is 0 Å². The van der Waals surface area contributed by atoms with Crippen LogP contribution in [0.25, 0.3) is 11.3 Å². The third kappa shape index (κ3) is 3.98. The van der Waals surface area contributed by atoms with Gasteiger partial charge in [-0.25, -0.2) is 24.1 Å². The Morgan fingerprint density at radius 1 is 1.09 bits per heavy atom. The third-order valence-electron chi connectivity index (χ3n) is 6.89. The zero-order valence-electron chi connectivity index (χ0n) is 19.4. The minimum atomic E-state index is -0.785. The van der Waals surface area contributed by atoms with Crippen molar-refractivity contribution in [1.29, 1.82) is 0 Å². The zero-order valence-corrected chi connectivity index (χ0v) is 19.4. The number of fused-ring (bicyclic) bond motifs is 4. The number of benzene rings is 1. The minimum absolute atomic E-state index is 0.0198. The summed E-state index contributed by atoms with van der Waals surface area (Å²) in [7, 11) is 1.52. The average Bonchev–Trinajstić information content (AvgIpc) is 3.51. The standard InChI is InChI=1S/C25H26FN7O2/c1-35-23-12-22(27-15-28-23)30-25(34)33-19-8-10-32(14-19)21-6-5-20(29-24(21)33)16-3-2-4-18(11-16)31-9-7-17(26)13-31/h2-6,11-12,15,17,19H,7-10,13-14H2,1H3,(H,27,28,30,34)/t17-,19+/m1/s1. The predicted octanol–water partition coefficient (Wildman–Crippen LogP) is 3.73. The van der Waals surface area contributed by atoms with E-state index in [-0.39, 0.29) is 12.1 Å².